The number of oxazole rings is 1. The molecule has 1 aromatic carbocycles. The van der Waals surface area contributed by atoms with Crippen LogP contribution in [0.3, 0.4) is 0 Å². The molecule has 0 aliphatic heterocycles. The first-order valence-electron chi connectivity index (χ1n) is 7.32. The van der Waals surface area contributed by atoms with Crippen molar-refractivity contribution >= 4 is 5.91 Å². The molecule has 0 aliphatic rings. The number of hydrogen-bond donors (Lipinski definition) is 3. The number of carbonyl (C=O) groups is 1. The largest absolute Gasteiger partial charge is 0.496 e. The van der Waals surface area contributed by atoms with Gasteiger partial charge in [-0.3, -0.25) is 4.79 Å². The molecule has 0 aliphatic carbocycles. The van der Waals surface area contributed by atoms with Crippen molar-refractivity contribution in [2.75, 3.05) is 13.7 Å². The Hall–Kier alpha value is -2.38. The van der Waals surface area contributed by atoms with Gasteiger partial charge in [-0.05, 0) is 25.0 Å². The Morgan fingerprint density at radius 3 is 2.91 bits per heavy atom. The van der Waals surface area contributed by atoms with Crippen molar-refractivity contribution in [1.29, 1.82) is 0 Å². The summed E-state index contributed by atoms with van der Waals surface area (Å²) in [5.74, 6) is 0.566. The number of nitrogens with zero attached hydrogens (tertiary/aromatic N) is 1. The molecule has 0 saturated carbocycles. The zero-order chi connectivity index (χ0) is 16.8. The van der Waals surface area contributed by atoms with E-state index in [-0.39, 0.29) is 17.5 Å². The summed E-state index contributed by atoms with van der Waals surface area (Å²) in [6, 6.07) is 6.87. The molecular weight excluding hydrogens is 298 g/mol. The lowest BCUT2D eigenvalue weighted by molar-refractivity contribution is 0.0948. The van der Waals surface area contributed by atoms with E-state index in [1.165, 1.54) is 13.2 Å². The Morgan fingerprint density at radius 2 is 2.22 bits per heavy atom. The summed E-state index contributed by atoms with van der Waals surface area (Å²) in [5.41, 5.74) is 6.85. The molecule has 2 rings (SSSR count). The lowest BCUT2D eigenvalue weighted by atomic mass is 10.1. The van der Waals surface area contributed by atoms with Gasteiger partial charge < -0.3 is 25.3 Å². The highest BCUT2D eigenvalue weighted by Crippen LogP contribution is 2.17. The molecule has 1 amide bonds. The van der Waals surface area contributed by atoms with E-state index in [1.807, 2.05) is 24.3 Å². The summed E-state index contributed by atoms with van der Waals surface area (Å²) >= 11 is 0. The molecule has 0 saturated heterocycles. The summed E-state index contributed by atoms with van der Waals surface area (Å²) in [4.78, 5) is 16.0. The Labute approximate surface area is 134 Å². The predicted octanol–water partition coefficient (Wildman–Crippen LogP) is 1.04. The van der Waals surface area contributed by atoms with E-state index in [9.17, 15) is 9.90 Å². The minimum atomic E-state index is -0.810. The van der Waals surface area contributed by atoms with Gasteiger partial charge in [-0.2, -0.15) is 0 Å². The van der Waals surface area contributed by atoms with Crippen LogP contribution in [0.2, 0.25) is 0 Å². The predicted molar refractivity (Wildman–Crippen MR) is 84.1 cm³/mol. The van der Waals surface area contributed by atoms with Gasteiger partial charge in [0.15, 0.2) is 5.69 Å². The third-order valence-corrected chi connectivity index (χ3v) is 3.43. The van der Waals surface area contributed by atoms with Gasteiger partial charge in [0.2, 0.25) is 5.89 Å². The first-order valence-corrected chi connectivity index (χ1v) is 7.32. The number of para-hydroxylation sites is 1. The van der Waals surface area contributed by atoms with E-state index < -0.39 is 12.1 Å². The van der Waals surface area contributed by atoms with Gasteiger partial charge in [0.25, 0.3) is 5.91 Å². The van der Waals surface area contributed by atoms with Crippen LogP contribution in [0.1, 0.15) is 34.9 Å². The van der Waals surface area contributed by atoms with Crippen molar-refractivity contribution in [2.24, 2.45) is 5.73 Å². The van der Waals surface area contributed by atoms with Gasteiger partial charge >= 0.3 is 0 Å². The first kappa shape index (κ1) is 17.0. The van der Waals surface area contributed by atoms with Gasteiger partial charge in [-0.15, -0.1) is 0 Å². The highest BCUT2D eigenvalue weighted by Gasteiger charge is 2.20. The lowest BCUT2D eigenvalue weighted by Gasteiger charge is -2.09. The van der Waals surface area contributed by atoms with Crippen LogP contribution in [0.4, 0.5) is 0 Å². The van der Waals surface area contributed by atoms with Crippen LogP contribution < -0.4 is 15.8 Å². The van der Waals surface area contributed by atoms with Crippen molar-refractivity contribution in [3.8, 4) is 5.75 Å². The quantitative estimate of drug-likeness (QED) is 0.703. The third-order valence-electron chi connectivity index (χ3n) is 3.43. The number of hydrogen-bond acceptors (Lipinski definition) is 6. The number of aromatic nitrogens is 1. The van der Waals surface area contributed by atoms with Crippen LogP contribution in [-0.4, -0.2) is 35.8 Å². The monoisotopic (exact) mass is 319 g/mol. The average molecular weight is 319 g/mol. The smallest absolute Gasteiger partial charge is 0.273 e. The highest BCUT2D eigenvalue weighted by atomic mass is 16.5. The van der Waals surface area contributed by atoms with Crippen LogP contribution in [0.25, 0.3) is 0 Å². The SMILES string of the molecule is COc1ccccc1CCNC(=O)c1coc(C(N)C(C)O)n1. The number of nitrogens with two attached hydrogens (primary N) is 1. The lowest BCUT2D eigenvalue weighted by Crippen LogP contribution is -2.27. The summed E-state index contributed by atoms with van der Waals surface area (Å²) in [7, 11) is 1.61. The van der Waals surface area contributed by atoms with Crippen molar-refractivity contribution in [3.05, 3.63) is 47.7 Å². The minimum absolute atomic E-state index is 0.134. The molecule has 7 heteroatoms. The van der Waals surface area contributed by atoms with Gasteiger partial charge in [0.1, 0.15) is 18.1 Å². The Kier molecular flexibility index (Phi) is 5.72. The molecule has 1 aromatic heterocycles. The van der Waals surface area contributed by atoms with Crippen molar-refractivity contribution in [3.63, 3.8) is 0 Å². The maximum absolute atomic E-state index is 12.0. The van der Waals surface area contributed by atoms with E-state index in [0.29, 0.717) is 13.0 Å². The fourth-order valence-electron chi connectivity index (χ4n) is 2.06. The first-order chi connectivity index (χ1) is 11.0. The molecule has 124 valence electrons. The highest BCUT2D eigenvalue weighted by molar-refractivity contribution is 5.91. The fourth-order valence-corrected chi connectivity index (χ4v) is 2.06. The normalized spacial score (nSPS) is 13.4. The number of amides is 1. The minimum Gasteiger partial charge on any atom is -0.496 e. The van der Waals surface area contributed by atoms with E-state index in [4.69, 9.17) is 14.9 Å². The number of carbonyl (C=O) groups excluding carboxylic acids is 1. The van der Waals surface area contributed by atoms with Gasteiger partial charge in [-0.1, -0.05) is 18.2 Å². The summed E-state index contributed by atoms with van der Waals surface area (Å²) < 4.78 is 10.4. The molecule has 4 N–H and O–H groups in total. The zero-order valence-corrected chi connectivity index (χ0v) is 13.2. The molecule has 2 aromatic rings. The molecule has 23 heavy (non-hydrogen) atoms. The Morgan fingerprint density at radius 1 is 1.48 bits per heavy atom. The molecule has 2 atom stereocenters. The van der Waals surface area contributed by atoms with Gasteiger partial charge in [-0.25, -0.2) is 4.98 Å². The molecule has 0 radical (unpaired) electrons. The second-order valence-corrected chi connectivity index (χ2v) is 5.16. The maximum atomic E-state index is 12.0. The number of rotatable bonds is 7. The number of aliphatic hydroxyl groups is 1. The number of nitrogens with one attached hydrogen (secondary N) is 1. The molecular formula is C16H21N3O4. The molecule has 0 spiro atoms. The van der Waals surface area contributed by atoms with Crippen molar-refractivity contribution < 1.29 is 19.1 Å². The number of aliphatic hydroxyl groups excluding tert-OH is 1. The fraction of sp³-hybridized carbons (Fsp3) is 0.375. The van der Waals surface area contributed by atoms with Crippen molar-refractivity contribution in [1.82, 2.24) is 10.3 Å². The van der Waals surface area contributed by atoms with E-state index >= 15 is 0 Å². The van der Waals surface area contributed by atoms with Crippen LogP contribution in [-0.2, 0) is 6.42 Å². The summed E-state index contributed by atoms with van der Waals surface area (Å²) in [5, 5.41) is 12.2. The van der Waals surface area contributed by atoms with E-state index in [0.717, 1.165) is 11.3 Å². The van der Waals surface area contributed by atoms with Crippen LogP contribution in [0.5, 0.6) is 5.75 Å². The van der Waals surface area contributed by atoms with E-state index in [1.54, 1.807) is 7.11 Å². The second-order valence-electron chi connectivity index (χ2n) is 5.16. The molecule has 0 fully saturated rings. The van der Waals surface area contributed by atoms with Crippen LogP contribution in [0, 0.1) is 0 Å². The van der Waals surface area contributed by atoms with Crippen LogP contribution in [0.15, 0.2) is 34.9 Å². The Bertz CT molecular complexity index is 654. The number of benzene rings is 1. The topological polar surface area (TPSA) is 111 Å². The van der Waals surface area contributed by atoms with Gasteiger partial charge in [0.05, 0.1) is 13.2 Å². The zero-order valence-electron chi connectivity index (χ0n) is 13.2. The molecule has 2 unspecified atom stereocenters. The number of methoxy groups -OCH3 is 1. The van der Waals surface area contributed by atoms with Crippen molar-refractivity contribution in [2.45, 2.75) is 25.5 Å². The molecule has 0 bridgehead atoms. The third kappa shape index (κ3) is 4.30. The van der Waals surface area contributed by atoms with E-state index in [2.05, 4.69) is 10.3 Å². The van der Waals surface area contributed by atoms with Crippen LogP contribution >= 0.6 is 0 Å². The standard InChI is InChI=1S/C16H21N3O4/c1-10(20)14(17)16-19-12(9-23-16)15(21)18-8-7-11-5-3-4-6-13(11)22-2/h3-6,9-10,14,20H,7-8,17H2,1-2H3,(H,18,21). The maximum Gasteiger partial charge on any atom is 0.273 e. The Balaban J connectivity index is 1.90. The van der Waals surface area contributed by atoms with Gasteiger partial charge in [0, 0.05) is 6.54 Å². The molecule has 1 heterocycles. The average Bonchev–Trinajstić information content (AvgIpc) is 3.04. The number of ether oxygens (including phenoxy) is 1. The second kappa shape index (κ2) is 7.75. The summed E-state index contributed by atoms with van der Waals surface area (Å²) in [6.07, 6.45) is 1.05. The summed E-state index contributed by atoms with van der Waals surface area (Å²) in [6.45, 7) is 1.96. The molecule has 7 nitrogen and oxygen atoms in total.